The number of amides is 1. The summed E-state index contributed by atoms with van der Waals surface area (Å²) < 4.78 is 5.51. The van der Waals surface area contributed by atoms with Gasteiger partial charge in [-0.1, -0.05) is 13.0 Å². The van der Waals surface area contributed by atoms with Crippen molar-refractivity contribution in [1.82, 2.24) is 10.2 Å². The Bertz CT molecular complexity index is 490. The minimum Gasteiger partial charge on any atom is -0.491 e. The zero-order chi connectivity index (χ0) is 15.2. The van der Waals surface area contributed by atoms with Gasteiger partial charge in [-0.3, -0.25) is 9.69 Å². The molecule has 1 fully saturated rings. The van der Waals surface area contributed by atoms with E-state index in [1.165, 1.54) is 6.42 Å². The number of para-hydroxylation sites is 1. The van der Waals surface area contributed by atoms with Crippen LogP contribution in [0.5, 0.6) is 5.75 Å². The molecule has 0 spiro atoms. The van der Waals surface area contributed by atoms with Crippen LogP contribution in [0.25, 0.3) is 0 Å². The molecule has 1 saturated heterocycles. The van der Waals surface area contributed by atoms with E-state index < -0.39 is 0 Å². The number of carbonyl (C=O) groups excluding carboxylic acids is 1. The number of likely N-dealkylation sites (tertiary alicyclic amines) is 1. The van der Waals surface area contributed by atoms with E-state index in [4.69, 9.17) is 10.5 Å². The van der Waals surface area contributed by atoms with Crippen molar-refractivity contribution in [3.8, 4) is 5.75 Å². The quantitative estimate of drug-likeness (QED) is 0.785. The molecule has 0 radical (unpaired) electrons. The second-order valence-corrected chi connectivity index (χ2v) is 5.29. The Morgan fingerprint density at radius 1 is 1.48 bits per heavy atom. The van der Waals surface area contributed by atoms with Crippen LogP contribution in [0.4, 0.5) is 5.69 Å². The van der Waals surface area contributed by atoms with Crippen LogP contribution >= 0.6 is 0 Å². The monoisotopic (exact) mass is 291 g/mol. The zero-order valence-corrected chi connectivity index (χ0v) is 12.9. The van der Waals surface area contributed by atoms with Crippen LogP contribution < -0.4 is 15.8 Å². The van der Waals surface area contributed by atoms with E-state index in [2.05, 4.69) is 17.1 Å². The molecule has 1 unspecified atom stereocenters. The predicted octanol–water partition coefficient (Wildman–Crippen LogP) is 1.88. The molecule has 0 saturated carbocycles. The molecular formula is C16H25N3O2. The first-order valence-corrected chi connectivity index (χ1v) is 7.70. The normalized spacial score (nSPS) is 18.7. The molecule has 2 rings (SSSR count). The Kier molecular flexibility index (Phi) is 5.44. The molecule has 3 N–H and O–H groups in total. The Labute approximate surface area is 126 Å². The van der Waals surface area contributed by atoms with Gasteiger partial charge in [0.05, 0.1) is 17.9 Å². The molecule has 21 heavy (non-hydrogen) atoms. The number of nitrogens with zero attached hydrogens (tertiary/aromatic N) is 1. The first-order valence-electron chi connectivity index (χ1n) is 7.70. The van der Waals surface area contributed by atoms with Crippen molar-refractivity contribution in [1.29, 1.82) is 0 Å². The molecular weight excluding hydrogens is 266 g/mol. The van der Waals surface area contributed by atoms with Crippen molar-refractivity contribution in [2.24, 2.45) is 0 Å². The number of nitrogens with two attached hydrogens (primary N) is 1. The summed E-state index contributed by atoms with van der Waals surface area (Å²) in [4.78, 5) is 14.8. The number of likely N-dealkylation sites (N-methyl/N-ethyl adjacent to an activating group) is 1. The van der Waals surface area contributed by atoms with Gasteiger partial charge in [-0.15, -0.1) is 0 Å². The van der Waals surface area contributed by atoms with E-state index in [0.29, 0.717) is 36.2 Å². The van der Waals surface area contributed by atoms with Crippen LogP contribution in [-0.4, -0.2) is 43.1 Å². The molecule has 1 aromatic rings. The second kappa shape index (κ2) is 7.31. The minimum atomic E-state index is -0.117. The van der Waals surface area contributed by atoms with Crippen LogP contribution in [-0.2, 0) is 0 Å². The Hall–Kier alpha value is -1.75. The van der Waals surface area contributed by atoms with E-state index in [-0.39, 0.29) is 5.91 Å². The summed E-state index contributed by atoms with van der Waals surface area (Å²) in [6.45, 7) is 7.35. The van der Waals surface area contributed by atoms with E-state index in [1.54, 1.807) is 18.2 Å². The first-order chi connectivity index (χ1) is 10.2. The highest BCUT2D eigenvalue weighted by molar-refractivity contribution is 5.98. The van der Waals surface area contributed by atoms with E-state index in [1.807, 2.05) is 6.92 Å². The lowest BCUT2D eigenvalue weighted by Crippen LogP contribution is -2.40. The standard InChI is InChI=1S/C16H25N3O2/c1-3-19-10-6-7-12(19)11-18-16(20)13-8-5-9-14(17)15(13)21-4-2/h5,8-9,12H,3-4,6-7,10-11,17H2,1-2H3,(H,18,20). The van der Waals surface area contributed by atoms with Gasteiger partial charge in [0.2, 0.25) is 0 Å². The lowest BCUT2D eigenvalue weighted by atomic mass is 10.1. The van der Waals surface area contributed by atoms with Gasteiger partial charge in [0, 0.05) is 12.6 Å². The molecule has 1 heterocycles. The van der Waals surface area contributed by atoms with Crippen molar-refractivity contribution in [3.63, 3.8) is 0 Å². The lowest BCUT2D eigenvalue weighted by molar-refractivity contribution is 0.0937. The summed E-state index contributed by atoms with van der Waals surface area (Å²) in [7, 11) is 0. The average Bonchev–Trinajstić information content (AvgIpc) is 2.94. The summed E-state index contributed by atoms with van der Waals surface area (Å²) in [5, 5.41) is 3.02. The minimum absolute atomic E-state index is 0.117. The third kappa shape index (κ3) is 3.67. The number of ether oxygens (including phenoxy) is 1. The van der Waals surface area contributed by atoms with Gasteiger partial charge in [0.15, 0.2) is 5.75 Å². The fourth-order valence-electron chi connectivity index (χ4n) is 2.89. The van der Waals surface area contributed by atoms with Gasteiger partial charge in [-0.25, -0.2) is 0 Å². The fourth-order valence-corrected chi connectivity index (χ4v) is 2.89. The topological polar surface area (TPSA) is 67.6 Å². The number of hydrogen-bond donors (Lipinski definition) is 2. The third-order valence-electron chi connectivity index (χ3n) is 3.98. The molecule has 1 atom stereocenters. The Morgan fingerprint density at radius 2 is 2.29 bits per heavy atom. The van der Waals surface area contributed by atoms with Gasteiger partial charge in [0.25, 0.3) is 5.91 Å². The Morgan fingerprint density at radius 3 is 3.00 bits per heavy atom. The highest BCUT2D eigenvalue weighted by Crippen LogP contribution is 2.26. The van der Waals surface area contributed by atoms with Crippen LogP contribution in [0.3, 0.4) is 0 Å². The first kappa shape index (κ1) is 15.6. The summed E-state index contributed by atoms with van der Waals surface area (Å²) >= 11 is 0. The SMILES string of the molecule is CCOc1c(N)cccc1C(=O)NCC1CCCN1CC. The maximum absolute atomic E-state index is 12.4. The summed E-state index contributed by atoms with van der Waals surface area (Å²) in [5.41, 5.74) is 6.91. The van der Waals surface area contributed by atoms with Crippen LogP contribution in [0.1, 0.15) is 37.0 Å². The molecule has 5 nitrogen and oxygen atoms in total. The number of benzene rings is 1. The van der Waals surface area contributed by atoms with Crippen molar-refractivity contribution in [2.75, 3.05) is 32.0 Å². The largest absolute Gasteiger partial charge is 0.491 e. The molecule has 5 heteroatoms. The molecule has 0 bridgehead atoms. The number of anilines is 1. The second-order valence-electron chi connectivity index (χ2n) is 5.29. The van der Waals surface area contributed by atoms with Crippen molar-refractivity contribution in [3.05, 3.63) is 23.8 Å². The van der Waals surface area contributed by atoms with Gasteiger partial charge < -0.3 is 15.8 Å². The fraction of sp³-hybridized carbons (Fsp3) is 0.562. The van der Waals surface area contributed by atoms with Gasteiger partial charge in [-0.2, -0.15) is 0 Å². The van der Waals surface area contributed by atoms with Crippen molar-refractivity contribution in [2.45, 2.75) is 32.7 Å². The number of nitrogens with one attached hydrogen (secondary N) is 1. The number of nitrogen functional groups attached to an aromatic ring is 1. The van der Waals surface area contributed by atoms with E-state index >= 15 is 0 Å². The maximum Gasteiger partial charge on any atom is 0.255 e. The number of rotatable bonds is 6. The lowest BCUT2D eigenvalue weighted by Gasteiger charge is -2.23. The van der Waals surface area contributed by atoms with Gasteiger partial charge >= 0.3 is 0 Å². The maximum atomic E-state index is 12.4. The smallest absolute Gasteiger partial charge is 0.255 e. The van der Waals surface area contributed by atoms with Crippen molar-refractivity contribution < 1.29 is 9.53 Å². The number of carbonyl (C=O) groups is 1. The van der Waals surface area contributed by atoms with Gasteiger partial charge in [-0.05, 0) is 45.0 Å². The average molecular weight is 291 g/mol. The van der Waals surface area contributed by atoms with Crippen LogP contribution in [0.2, 0.25) is 0 Å². The predicted molar refractivity (Wildman–Crippen MR) is 84.6 cm³/mol. The summed E-state index contributed by atoms with van der Waals surface area (Å²) in [6.07, 6.45) is 2.35. The zero-order valence-electron chi connectivity index (χ0n) is 12.9. The molecule has 116 valence electrons. The van der Waals surface area contributed by atoms with Crippen LogP contribution in [0, 0.1) is 0 Å². The van der Waals surface area contributed by atoms with E-state index in [9.17, 15) is 4.79 Å². The van der Waals surface area contributed by atoms with E-state index in [0.717, 1.165) is 19.5 Å². The summed E-state index contributed by atoms with van der Waals surface area (Å²) in [6, 6.07) is 5.72. The van der Waals surface area contributed by atoms with Gasteiger partial charge in [0.1, 0.15) is 0 Å². The van der Waals surface area contributed by atoms with Crippen molar-refractivity contribution >= 4 is 11.6 Å². The highest BCUT2D eigenvalue weighted by atomic mass is 16.5. The molecule has 1 aliphatic heterocycles. The molecule has 1 amide bonds. The van der Waals surface area contributed by atoms with Crippen LogP contribution in [0.15, 0.2) is 18.2 Å². The Balaban J connectivity index is 2.02. The molecule has 0 aromatic heterocycles. The molecule has 1 aromatic carbocycles. The summed E-state index contributed by atoms with van der Waals surface area (Å²) in [5.74, 6) is 0.366. The molecule has 1 aliphatic rings. The molecule has 0 aliphatic carbocycles. The highest BCUT2D eigenvalue weighted by Gasteiger charge is 2.24. The number of hydrogen-bond acceptors (Lipinski definition) is 4. The third-order valence-corrected chi connectivity index (χ3v) is 3.98.